The van der Waals surface area contributed by atoms with Crippen LogP contribution in [-0.4, -0.2) is 5.96 Å². The SMILES string of the molecule is Fc1ccc(C2N=C(NCc3ccc(F)c(F)c3)NC2c2ccc(F)cc2)cc1. The molecule has 3 nitrogen and oxygen atoms in total. The highest BCUT2D eigenvalue weighted by Gasteiger charge is 2.31. The molecule has 1 aliphatic rings. The summed E-state index contributed by atoms with van der Waals surface area (Å²) in [7, 11) is 0. The molecular formula is C22H17F4N3. The van der Waals surface area contributed by atoms with Crippen LogP contribution in [0.3, 0.4) is 0 Å². The summed E-state index contributed by atoms with van der Waals surface area (Å²) < 4.78 is 53.1. The van der Waals surface area contributed by atoms with Crippen LogP contribution < -0.4 is 10.6 Å². The first kappa shape index (κ1) is 19.0. The van der Waals surface area contributed by atoms with Gasteiger partial charge < -0.3 is 10.6 Å². The Morgan fingerprint density at radius 3 is 2.00 bits per heavy atom. The second kappa shape index (κ2) is 7.95. The summed E-state index contributed by atoms with van der Waals surface area (Å²) in [5, 5.41) is 6.31. The van der Waals surface area contributed by atoms with Crippen molar-refractivity contribution in [3.63, 3.8) is 0 Å². The quantitative estimate of drug-likeness (QED) is 0.620. The fourth-order valence-electron chi connectivity index (χ4n) is 3.27. The highest BCUT2D eigenvalue weighted by atomic mass is 19.2. The predicted octanol–water partition coefficient (Wildman–Crippen LogP) is 4.77. The highest BCUT2D eigenvalue weighted by Crippen LogP contribution is 2.35. The molecule has 2 unspecified atom stereocenters. The first-order valence-corrected chi connectivity index (χ1v) is 9.02. The third-order valence-electron chi connectivity index (χ3n) is 4.76. The number of nitrogens with one attached hydrogen (secondary N) is 2. The van der Waals surface area contributed by atoms with Crippen molar-refractivity contribution in [3.8, 4) is 0 Å². The number of benzene rings is 3. The van der Waals surface area contributed by atoms with Crippen LogP contribution in [0.4, 0.5) is 17.6 Å². The summed E-state index contributed by atoms with van der Waals surface area (Å²) in [5.74, 6) is -2.06. The van der Waals surface area contributed by atoms with Crippen molar-refractivity contribution in [3.05, 3.63) is 107 Å². The van der Waals surface area contributed by atoms with Gasteiger partial charge in [-0.3, -0.25) is 0 Å². The maximum absolute atomic E-state index is 13.4. The molecule has 2 atom stereocenters. The van der Waals surface area contributed by atoms with Crippen LogP contribution in [0.15, 0.2) is 71.7 Å². The molecule has 0 fully saturated rings. The van der Waals surface area contributed by atoms with Crippen molar-refractivity contribution in [2.45, 2.75) is 18.6 Å². The molecular weight excluding hydrogens is 382 g/mol. The highest BCUT2D eigenvalue weighted by molar-refractivity contribution is 5.82. The molecule has 1 heterocycles. The number of rotatable bonds is 4. The van der Waals surface area contributed by atoms with Crippen LogP contribution in [0.5, 0.6) is 0 Å². The van der Waals surface area contributed by atoms with Gasteiger partial charge in [-0.15, -0.1) is 0 Å². The van der Waals surface area contributed by atoms with Crippen molar-refractivity contribution in [2.24, 2.45) is 4.99 Å². The Morgan fingerprint density at radius 1 is 0.759 bits per heavy atom. The fraction of sp³-hybridized carbons (Fsp3) is 0.136. The molecule has 1 aliphatic heterocycles. The van der Waals surface area contributed by atoms with Crippen LogP contribution in [0.25, 0.3) is 0 Å². The summed E-state index contributed by atoms with van der Waals surface area (Å²) in [6, 6.07) is 15.1. The lowest BCUT2D eigenvalue weighted by Crippen LogP contribution is -2.35. The molecule has 0 aromatic heterocycles. The molecule has 2 N–H and O–H groups in total. The zero-order chi connectivity index (χ0) is 20.4. The van der Waals surface area contributed by atoms with Crippen LogP contribution >= 0.6 is 0 Å². The zero-order valence-corrected chi connectivity index (χ0v) is 15.2. The number of aliphatic imine (C=N–C) groups is 1. The van der Waals surface area contributed by atoms with E-state index >= 15 is 0 Å². The van der Waals surface area contributed by atoms with Gasteiger partial charge in [-0.25, -0.2) is 22.6 Å². The Bertz CT molecular complexity index is 1030. The largest absolute Gasteiger partial charge is 0.352 e. The van der Waals surface area contributed by atoms with Crippen molar-refractivity contribution in [1.82, 2.24) is 10.6 Å². The Kier molecular flexibility index (Phi) is 5.20. The minimum absolute atomic E-state index is 0.231. The van der Waals surface area contributed by atoms with E-state index in [1.165, 1.54) is 30.3 Å². The number of hydrogen-bond donors (Lipinski definition) is 2. The summed E-state index contributed by atoms with van der Waals surface area (Å²) in [6.45, 7) is 0.231. The molecule has 3 aromatic rings. The lowest BCUT2D eigenvalue weighted by atomic mass is 9.95. The topological polar surface area (TPSA) is 36.4 Å². The predicted molar refractivity (Wildman–Crippen MR) is 102 cm³/mol. The van der Waals surface area contributed by atoms with E-state index in [1.54, 1.807) is 24.3 Å². The minimum atomic E-state index is -0.918. The summed E-state index contributed by atoms with van der Waals surface area (Å²) in [4.78, 5) is 4.63. The van der Waals surface area contributed by atoms with Gasteiger partial charge in [0.15, 0.2) is 17.6 Å². The molecule has 0 saturated heterocycles. The Balaban J connectivity index is 1.57. The average molecular weight is 399 g/mol. The Labute approximate surface area is 165 Å². The molecule has 0 saturated carbocycles. The molecule has 0 spiro atoms. The normalized spacial score (nSPS) is 18.3. The second-order valence-electron chi connectivity index (χ2n) is 6.75. The third kappa shape index (κ3) is 4.23. The van der Waals surface area contributed by atoms with Gasteiger partial charge in [0.2, 0.25) is 0 Å². The van der Waals surface area contributed by atoms with E-state index in [0.717, 1.165) is 23.3 Å². The number of guanidine groups is 1. The molecule has 148 valence electrons. The van der Waals surface area contributed by atoms with Gasteiger partial charge >= 0.3 is 0 Å². The van der Waals surface area contributed by atoms with Gasteiger partial charge in [0.25, 0.3) is 0 Å². The van der Waals surface area contributed by atoms with E-state index < -0.39 is 11.6 Å². The van der Waals surface area contributed by atoms with Crippen molar-refractivity contribution < 1.29 is 17.6 Å². The first-order chi connectivity index (χ1) is 14.0. The van der Waals surface area contributed by atoms with E-state index in [1.807, 2.05) is 0 Å². The maximum Gasteiger partial charge on any atom is 0.192 e. The summed E-state index contributed by atoms with van der Waals surface area (Å²) >= 11 is 0. The monoisotopic (exact) mass is 399 g/mol. The third-order valence-corrected chi connectivity index (χ3v) is 4.76. The fourth-order valence-corrected chi connectivity index (χ4v) is 3.27. The minimum Gasteiger partial charge on any atom is -0.352 e. The van der Waals surface area contributed by atoms with Crippen LogP contribution in [0.2, 0.25) is 0 Å². The number of hydrogen-bond acceptors (Lipinski definition) is 3. The molecule has 3 aromatic carbocycles. The van der Waals surface area contributed by atoms with Crippen LogP contribution in [-0.2, 0) is 6.54 Å². The standard InChI is InChI=1S/C22H17F4N3/c23-16-6-2-14(3-7-16)20-21(15-4-8-17(24)9-5-15)29-22(28-20)27-12-13-1-10-18(25)19(26)11-13/h1-11,20-21H,12H2,(H2,27,28,29). The second-order valence-corrected chi connectivity index (χ2v) is 6.75. The molecule has 0 aliphatic carbocycles. The lowest BCUT2D eigenvalue weighted by molar-refractivity contribution is 0.506. The van der Waals surface area contributed by atoms with E-state index in [9.17, 15) is 17.6 Å². The van der Waals surface area contributed by atoms with Gasteiger partial charge in [0.1, 0.15) is 17.7 Å². The van der Waals surface area contributed by atoms with E-state index in [0.29, 0.717) is 11.5 Å². The van der Waals surface area contributed by atoms with Crippen molar-refractivity contribution >= 4 is 5.96 Å². The molecule has 0 amide bonds. The van der Waals surface area contributed by atoms with Gasteiger partial charge in [0, 0.05) is 6.54 Å². The smallest absolute Gasteiger partial charge is 0.192 e. The van der Waals surface area contributed by atoms with E-state index in [-0.39, 0.29) is 30.3 Å². The Hall–Kier alpha value is -3.35. The number of nitrogens with zero attached hydrogens (tertiary/aromatic N) is 1. The van der Waals surface area contributed by atoms with Crippen molar-refractivity contribution in [2.75, 3.05) is 0 Å². The van der Waals surface area contributed by atoms with Gasteiger partial charge in [-0.05, 0) is 53.1 Å². The number of halogens is 4. The zero-order valence-electron chi connectivity index (χ0n) is 15.2. The van der Waals surface area contributed by atoms with E-state index in [2.05, 4.69) is 15.6 Å². The molecule has 7 heteroatoms. The lowest BCUT2D eigenvalue weighted by Gasteiger charge is -2.19. The summed E-state index contributed by atoms with van der Waals surface area (Å²) in [5.41, 5.74) is 2.16. The van der Waals surface area contributed by atoms with Gasteiger partial charge in [-0.1, -0.05) is 30.3 Å². The van der Waals surface area contributed by atoms with Crippen molar-refractivity contribution in [1.29, 1.82) is 0 Å². The summed E-state index contributed by atoms with van der Waals surface area (Å²) in [6.07, 6.45) is 0. The molecule has 0 radical (unpaired) electrons. The van der Waals surface area contributed by atoms with Crippen LogP contribution in [0, 0.1) is 23.3 Å². The van der Waals surface area contributed by atoms with Gasteiger partial charge in [-0.2, -0.15) is 0 Å². The molecule has 29 heavy (non-hydrogen) atoms. The van der Waals surface area contributed by atoms with Gasteiger partial charge in [0.05, 0.1) is 6.04 Å². The molecule has 0 bridgehead atoms. The Morgan fingerprint density at radius 2 is 1.38 bits per heavy atom. The van der Waals surface area contributed by atoms with E-state index in [4.69, 9.17) is 0 Å². The molecule has 4 rings (SSSR count). The first-order valence-electron chi connectivity index (χ1n) is 9.02. The maximum atomic E-state index is 13.4. The van der Waals surface area contributed by atoms with Crippen LogP contribution in [0.1, 0.15) is 28.8 Å². The average Bonchev–Trinajstić information content (AvgIpc) is 3.14.